The van der Waals surface area contributed by atoms with Crippen molar-refractivity contribution in [2.45, 2.75) is 19.6 Å². The van der Waals surface area contributed by atoms with Crippen molar-refractivity contribution in [3.05, 3.63) is 12.4 Å². The van der Waals surface area contributed by atoms with Crippen LogP contribution in [0, 0.1) is 0 Å². The third-order valence-electron chi connectivity index (χ3n) is 1.02. The second-order valence-corrected chi connectivity index (χ2v) is 7.73. The molecule has 0 amide bonds. The quantitative estimate of drug-likeness (QED) is 0.545. The van der Waals surface area contributed by atoms with Gasteiger partial charge in [0.1, 0.15) is 0 Å². The van der Waals surface area contributed by atoms with Crippen molar-refractivity contribution in [1.82, 2.24) is 14.7 Å². The Bertz CT molecular complexity index is 175. The first-order valence-electron chi connectivity index (χ1n) is 2.97. The fourth-order valence-electron chi connectivity index (χ4n) is 0.562. The summed E-state index contributed by atoms with van der Waals surface area (Å²) < 4.78 is 1.83. The van der Waals surface area contributed by atoms with E-state index in [1.807, 2.05) is 4.46 Å². The molecule has 50 valence electrons. The number of rotatable bonds is 1. The van der Waals surface area contributed by atoms with E-state index < -0.39 is 8.24 Å². The van der Waals surface area contributed by atoms with Crippen molar-refractivity contribution in [3.8, 4) is 0 Å². The van der Waals surface area contributed by atoms with E-state index >= 15 is 0 Å². The lowest BCUT2D eigenvalue weighted by Gasteiger charge is -2.12. The van der Waals surface area contributed by atoms with E-state index in [9.17, 15) is 0 Å². The molecule has 0 radical (unpaired) electrons. The van der Waals surface area contributed by atoms with Gasteiger partial charge in [0.15, 0.2) is 0 Å². The number of hydrogen-bond acceptors (Lipinski definition) is 2. The monoisotopic (exact) mass is 141 g/mol. The zero-order chi connectivity index (χ0) is 6.91. The van der Waals surface area contributed by atoms with Gasteiger partial charge in [-0.1, -0.05) is 0 Å². The highest BCUT2D eigenvalue weighted by Crippen LogP contribution is 1.99. The average molecular weight is 141 g/mol. The zero-order valence-electron chi connectivity index (χ0n) is 6.00. The Kier molecular flexibility index (Phi) is 1.40. The van der Waals surface area contributed by atoms with Gasteiger partial charge in [0.05, 0.1) is 12.4 Å². The lowest BCUT2D eigenvalue weighted by Crippen LogP contribution is -2.34. The summed E-state index contributed by atoms with van der Waals surface area (Å²) in [4.78, 5) is 0. The summed E-state index contributed by atoms with van der Waals surface area (Å²) in [7, 11) is -1.29. The van der Waals surface area contributed by atoms with E-state index in [2.05, 4.69) is 29.8 Å². The Morgan fingerprint density at radius 2 is 1.56 bits per heavy atom. The minimum Gasteiger partial charge on any atom is -0.222 e. The van der Waals surface area contributed by atoms with E-state index in [0.29, 0.717) is 0 Å². The van der Waals surface area contributed by atoms with Crippen LogP contribution in [0.15, 0.2) is 12.4 Å². The molecule has 1 heterocycles. The van der Waals surface area contributed by atoms with Gasteiger partial charge < -0.3 is 0 Å². The molecule has 0 unspecified atom stereocenters. The van der Waals surface area contributed by atoms with Gasteiger partial charge in [-0.25, -0.2) is 4.46 Å². The van der Waals surface area contributed by atoms with E-state index in [-0.39, 0.29) is 0 Å². The smallest absolute Gasteiger partial charge is 0.202 e. The minimum atomic E-state index is -1.29. The van der Waals surface area contributed by atoms with Crippen LogP contribution in [0.1, 0.15) is 0 Å². The molecule has 1 rings (SSSR count). The van der Waals surface area contributed by atoms with Gasteiger partial charge in [0.2, 0.25) is 8.24 Å². The van der Waals surface area contributed by atoms with Gasteiger partial charge in [-0.3, -0.25) is 0 Å². The summed E-state index contributed by atoms with van der Waals surface area (Å²) in [5.41, 5.74) is 0. The first-order valence-corrected chi connectivity index (χ1v) is 6.42. The highest BCUT2D eigenvalue weighted by Gasteiger charge is 2.17. The van der Waals surface area contributed by atoms with Crippen LogP contribution in [0.25, 0.3) is 0 Å². The first kappa shape index (κ1) is 6.48. The summed E-state index contributed by atoms with van der Waals surface area (Å²) in [5, 5.41) is 8.11. The van der Waals surface area contributed by atoms with Gasteiger partial charge in [-0.05, 0) is 19.6 Å². The maximum absolute atomic E-state index is 4.05. The fraction of sp³-hybridized carbons (Fsp3) is 0.600. The molecule has 0 aromatic carbocycles. The van der Waals surface area contributed by atoms with Crippen LogP contribution < -0.4 is 0 Å². The molecule has 0 aliphatic carbocycles. The molecule has 0 saturated heterocycles. The van der Waals surface area contributed by atoms with Crippen molar-refractivity contribution in [2.75, 3.05) is 0 Å². The number of aromatic nitrogens is 3. The maximum atomic E-state index is 4.05. The predicted molar refractivity (Wildman–Crippen MR) is 38.8 cm³/mol. The number of nitrogens with zero attached hydrogens (tertiary/aromatic N) is 3. The molecule has 1 aromatic heterocycles. The topological polar surface area (TPSA) is 30.7 Å². The molecular formula is C5H11N3Si. The van der Waals surface area contributed by atoms with Crippen molar-refractivity contribution in [3.63, 3.8) is 0 Å². The Balaban J connectivity index is 2.90. The van der Waals surface area contributed by atoms with Crippen LogP contribution in [-0.2, 0) is 0 Å². The molecule has 0 aliphatic heterocycles. The molecule has 0 saturated carbocycles. The van der Waals surface area contributed by atoms with E-state index in [0.717, 1.165) is 0 Å². The molecule has 0 fully saturated rings. The van der Waals surface area contributed by atoms with E-state index in [1.54, 1.807) is 12.4 Å². The maximum Gasteiger partial charge on any atom is 0.202 e. The molecule has 0 N–H and O–H groups in total. The highest BCUT2D eigenvalue weighted by atomic mass is 28.3. The van der Waals surface area contributed by atoms with Crippen molar-refractivity contribution in [1.29, 1.82) is 0 Å². The molecule has 0 bridgehead atoms. The molecule has 4 heteroatoms. The normalized spacial score (nSPS) is 11.9. The van der Waals surface area contributed by atoms with Crippen molar-refractivity contribution >= 4 is 8.24 Å². The Morgan fingerprint density at radius 3 is 1.78 bits per heavy atom. The lowest BCUT2D eigenvalue weighted by molar-refractivity contribution is 0.800. The van der Waals surface area contributed by atoms with Crippen LogP contribution in [0.2, 0.25) is 19.6 Å². The Hall–Kier alpha value is -0.643. The van der Waals surface area contributed by atoms with E-state index in [1.165, 1.54) is 0 Å². The van der Waals surface area contributed by atoms with Gasteiger partial charge in [0, 0.05) is 0 Å². The Morgan fingerprint density at radius 1 is 1.11 bits per heavy atom. The van der Waals surface area contributed by atoms with Crippen molar-refractivity contribution < 1.29 is 0 Å². The summed E-state index contributed by atoms with van der Waals surface area (Å²) in [5.74, 6) is 0. The Labute approximate surface area is 55.8 Å². The molecule has 0 aliphatic rings. The predicted octanol–water partition coefficient (Wildman–Crippen LogP) is 0.961. The molecular weight excluding hydrogens is 130 g/mol. The second-order valence-electron chi connectivity index (χ2n) is 2.99. The third kappa shape index (κ3) is 1.38. The van der Waals surface area contributed by atoms with Crippen LogP contribution >= 0.6 is 0 Å². The molecule has 3 nitrogen and oxygen atoms in total. The number of hydrogen-bond donors (Lipinski definition) is 0. The average Bonchev–Trinajstić information content (AvgIpc) is 2.08. The van der Waals surface area contributed by atoms with E-state index in [4.69, 9.17) is 0 Å². The first-order chi connectivity index (χ1) is 4.11. The molecule has 0 spiro atoms. The molecule has 9 heavy (non-hydrogen) atoms. The third-order valence-corrected chi connectivity index (χ3v) is 2.45. The fourth-order valence-corrected chi connectivity index (χ4v) is 1.39. The van der Waals surface area contributed by atoms with Gasteiger partial charge in [-0.15, -0.1) is 0 Å². The van der Waals surface area contributed by atoms with Gasteiger partial charge in [-0.2, -0.15) is 10.2 Å². The van der Waals surface area contributed by atoms with Gasteiger partial charge in [0.25, 0.3) is 0 Å². The van der Waals surface area contributed by atoms with Crippen LogP contribution in [0.3, 0.4) is 0 Å². The van der Waals surface area contributed by atoms with Crippen LogP contribution in [-0.4, -0.2) is 22.9 Å². The molecule has 1 aromatic rings. The summed E-state index contributed by atoms with van der Waals surface area (Å²) in [6, 6.07) is 0. The summed E-state index contributed by atoms with van der Waals surface area (Å²) in [6.45, 7) is 6.60. The summed E-state index contributed by atoms with van der Waals surface area (Å²) in [6.07, 6.45) is 3.44. The van der Waals surface area contributed by atoms with Gasteiger partial charge >= 0.3 is 0 Å². The SMILES string of the molecule is C[Si](C)(C)n1nccn1. The van der Waals surface area contributed by atoms with Crippen LogP contribution in [0.5, 0.6) is 0 Å². The second kappa shape index (κ2) is 1.95. The van der Waals surface area contributed by atoms with Crippen LogP contribution in [0.4, 0.5) is 0 Å². The largest absolute Gasteiger partial charge is 0.222 e. The lowest BCUT2D eigenvalue weighted by atomic mass is 11.0. The zero-order valence-corrected chi connectivity index (χ0v) is 7.00. The van der Waals surface area contributed by atoms with Crippen molar-refractivity contribution in [2.24, 2.45) is 0 Å². The molecule has 0 atom stereocenters. The minimum absolute atomic E-state index is 1.29. The highest BCUT2D eigenvalue weighted by molar-refractivity contribution is 6.73. The summed E-state index contributed by atoms with van der Waals surface area (Å²) >= 11 is 0. The standard InChI is InChI=1S/C5H11N3Si/c1-9(2,3)8-6-4-5-7-8/h4-5H,1-3H3.